The van der Waals surface area contributed by atoms with Crippen molar-refractivity contribution in [2.45, 2.75) is 38.6 Å². The average molecular weight is 239 g/mol. The fraction of sp³-hybridized carbons (Fsp3) is 0.923. The first-order chi connectivity index (χ1) is 8.09. The molecule has 2 saturated heterocycles. The number of rotatable bonds is 2. The van der Waals surface area contributed by atoms with E-state index < -0.39 is 0 Å². The second-order valence-corrected chi connectivity index (χ2v) is 5.85. The van der Waals surface area contributed by atoms with Gasteiger partial charge in [0.25, 0.3) is 0 Å². The van der Waals surface area contributed by atoms with Crippen LogP contribution in [0.2, 0.25) is 0 Å². The molecule has 2 aliphatic rings. The van der Waals surface area contributed by atoms with Crippen LogP contribution in [0.25, 0.3) is 0 Å². The maximum Gasteiger partial charge on any atom is 0.236 e. The van der Waals surface area contributed by atoms with Crippen molar-refractivity contribution >= 4 is 5.91 Å². The Morgan fingerprint density at radius 3 is 2.53 bits per heavy atom. The van der Waals surface area contributed by atoms with Gasteiger partial charge in [-0.3, -0.25) is 9.69 Å². The highest BCUT2D eigenvalue weighted by Gasteiger charge is 2.31. The highest BCUT2D eigenvalue weighted by molar-refractivity contribution is 5.78. The molecule has 0 aromatic carbocycles. The summed E-state index contributed by atoms with van der Waals surface area (Å²) in [4.78, 5) is 16.6. The monoisotopic (exact) mass is 239 g/mol. The largest absolute Gasteiger partial charge is 0.342 e. The first kappa shape index (κ1) is 12.8. The normalized spacial score (nSPS) is 25.9. The van der Waals surface area contributed by atoms with Crippen LogP contribution in [0.4, 0.5) is 0 Å². The average Bonchev–Trinajstić information content (AvgIpc) is 2.33. The lowest BCUT2D eigenvalue weighted by molar-refractivity contribution is -0.135. The highest BCUT2D eigenvalue weighted by Crippen LogP contribution is 2.17. The van der Waals surface area contributed by atoms with Gasteiger partial charge < -0.3 is 10.2 Å². The summed E-state index contributed by atoms with van der Waals surface area (Å²) in [7, 11) is 0. The van der Waals surface area contributed by atoms with Crippen molar-refractivity contribution in [3.63, 3.8) is 0 Å². The molecule has 2 rings (SSSR count). The van der Waals surface area contributed by atoms with Gasteiger partial charge in [0.2, 0.25) is 5.91 Å². The first-order valence-corrected chi connectivity index (χ1v) is 6.83. The van der Waals surface area contributed by atoms with Gasteiger partial charge in [0.15, 0.2) is 0 Å². The standard InChI is InChI=1S/C13H25N3O/c1-13(2)11-14-6-9-16(13)10-12(17)15-7-4-3-5-8-15/h14H,3-11H2,1-2H3. The van der Waals surface area contributed by atoms with E-state index >= 15 is 0 Å². The van der Waals surface area contributed by atoms with Crippen LogP contribution >= 0.6 is 0 Å². The van der Waals surface area contributed by atoms with E-state index in [0.29, 0.717) is 12.5 Å². The van der Waals surface area contributed by atoms with Crippen molar-refractivity contribution in [2.75, 3.05) is 39.3 Å². The van der Waals surface area contributed by atoms with Crippen molar-refractivity contribution in [1.29, 1.82) is 0 Å². The Labute approximate surface area is 104 Å². The SMILES string of the molecule is CC1(C)CNCCN1CC(=O)N1CCCCC1. The Hall–Kier alpha value is -0.610. The predicted molar refractivity (Wildman–Crippen MR) is 69.0 cm³/mol. The molecule has 4 nitrogen and oxygen atoms in total. The zero-order chi connectivity index (χ0) is 12.3. The summed E-state index contributed by atoms with van der Waals surface area (Å²) >= 11 is 0. The zero-order valence-corrected chi connectivity index (χ0v) is 11.2. The summed E-state index contributed by atoms with van der Waals surface area (Å²) in [6, 6.07) is 0. The number of piperidine rings is 1. The lowest BCUT2D eigenvalue weighted by Gasteiger charge is -2.43. The number of nitrogens with one attached hydrogen (secondary N) is 1. The van der Waals surface area contributed by atoms with Crippen LogP contribution in [0.3, 0.4) is 0 Å². The number of amides is 1. The highest BCUT2D eigenvalue weighted by atomic mass is 16.2. The molecular weight excluding hydrogens is 214 g/mol. The third-order valence-electron chi connectivity index (χ3n) is 4.01. The lowest BCUT2D eigenvalue weighted by atomic mass is 10.00. The Kier molecular flexibility index (Phi) is 4.05. The number of carbonyl (C=O) groups excluding carboxylic acids is 1. The topological polar surface area (TPSA) is 35.6 Å². The van der Waals surface area contributed by atoms with E-state index in [1.165, 1.54) is 19.3 Å². The van der Waals surface area contributed by atoms with Crippen molar-refractivity contribution in [1.82, 2.24) is 15.1 Å². The van der Waals surface area contributed by atoms with E-state index in [4.69, 9.17) is 0 Å². The van der Waals surface area contributed by atoms with Gasteiger partial charge in [0.1, 0.15) is 0 Å². The maximum absolute atomic E-state index is 12.2. The molecule has 1 N–H and O–H groups in total. The van der Waals surface area contributed by atoms with E-state index in [9.17, 15) is 4.79 Å². The zero-order valence-electron chi connectivity index (χ0n) is 11.2. The molecule has 17 heavy (non-hydrogen) atoms. The minimum Gasteiger partial charge on any atom is -0.342 e. The van der Waals surface area contributed by atoms with Gasteiger partial charge in [-0.25, -0.2) is 0 Å². The van der Waals surface area contributed by atoms with Crippen molar-refractivity contribution in [3.8, 4) is 0 Å². The molecule has 0 spiro atoms. The molecule has 0 bridgehead atoms. The molecule has 4 heteroatoms. The number of nitrogens with zero attached hydrogens (tertiary/aromatic N) is 2. The summed E-state index contributed by atoms with van der Waals surface area (Å²) in [5, 5.41) is 3.39. The summed E-state index contributed by atoms with van der Waals surface area (Å²) in [5.41, 5.74) is 0.101. The molecule has 2 heterocycles. The van der Waals surface area contributed by atoms with E-state index in [-0.39, 0.29) is 5.54 Å². The molecule has 2 fully saturated rings. The fourth-order valence-electron chi connectivity index (χ4n) is 2.72. The van der Waals surface area contributed by atoms with Crippen LogP contribution in [0.15, 0.2) is 0 Å². The second kappa shape index (κ2) is 5.36. The van der Waals surface area contributed by atoms with Crippen molar-refractivity contribution in [3.05, 3.63) is 0 Å². The molecule has 0 radical (unpaired) electrons. The van der Waals surface area contributed by atoms with Gasteiger partial charge in [-0.1, -0.05) is 0 Å². The Morgan fingerprint density at radius 1 is 1.18 bits per heavy atom. The van der Waals surface area contributed by atoms with E-state index in [1.54, 1.807) is 0 Å². The van der Waals surface area contributed by atoms with Crippen molar-refractivity contribution < 1.29 is 4.79 Å². The molecule has 98 valence electrons. The molecule has 0 aromatic heterocycles. The van der Waals surface area contributed by atoms with Crippen LogP contribution in [-0.4, -0.2) is 60.5 Å². The molecule has 0 aromatic rings. The predicted octanol–water partition coefficient (Wildman–Crippen LogP) is 0.683. The molecule has 2 aliphatic heterocycles. The maximum atomic E-state index is 12.2. The van der Waals surface area contributed by atoms with Gasteiger partial charge in [-0.15, -0.1) is 0 Å². The Balaban J connectivity index is 1.88. The molecule has 0 atom stereocenters. The molecular formula is C13H25N3O. The molecule has 1 amide bonds. The van der Waals surface area contributed by atoms with Crippen LogP contribution in [0.5, 0.6) is 0 Å². The minimum absolute atomic E-state index is 0.101. The number of likely N-dealkylation sites (tertiary alicyclic amines) is 1. The van der Waals surface area contributed by atoms with Crippen molar-refractivity contribution in [2.24, 2.45) is 0 Å². The third-order valence-corrected chi connectivity index (χ3v) is 4.01. The van der Waals surface area contributed by atoms with Gasteiger partial charge in [0, 0.05) is 38.3 Å². The van der Waals surface area contributed by atoms with Crippen LogP contribution in [0, 0.1) is 0 Å². The summed E-state index contributed by atoms with van der Waals surface area (Å²) in [6.07, 6.45) is 3.64. The number of piperazine rings is 1. The fourth-order valence-corrected chi connectivity index (χ4v) is 2.72. The quantitative estimate of drug-likeness (QED) is 0.770. The Bertz CT molecular complexity index is 272. The molecule has 0 unspecified atom stereocenters. The summed E-state index contributed by atoms with van der Waals surface area (Å²) < 4.78 is 0. The van der Waals surface area contributed by atoms with Gasteiger partial charge in [-0.05, 0) is 33.1 Å². The van der Waals surface area contributed by atoms with E-state index in [1.807, 2.05) is 4.90 Å². The summed E-state index contributed by atoms with van der Waals surface area (Å²) in [6.45, 7) is 9.89. The third kappa shape index (κ3) is 3.19. The van der Waals surface area contributed by atoms with Crippen LogP contribution < -0.4 is 5.32 Å². The van der Waals surface area contributed by atoms with Gasteiger partial charge in [-0.2, -0.15) is 0 Å². The van der Waals surface area contributed by atoms with Gasteiger partial charge >= 0.3 is 0 Å². The first-order valence-electron chi connectivity index (χ1n) is 6.83. The number of hydrogen-bond acceptors (Lipinski definition) is 3. The smallest absolute Gasteiger partial charge is 0.236 e. The summed E-state index contributed by atoms with van der Waals surface area (Å²) in [5.74, 6) is 0.319. The second-order valence-electron chi connectivity index (χ2n) is 5.85. The van der Waals surface area contributed by atoms with E-state index in [0.717, 1.165) is 32.7 Å². The van der Waals surface area contributed by atoms with Crippen LogP contribution in [-0.2, 0) is 4.79 Å². The van der Waals surface area contributed by atoms with Crippen LogP contribution in [0.1, 0.15) is 33.1 Å². The van der Waals surface area contributed by atoms with E-state index in [2.05, 4.69) is 24.1 Å². The molecule has 0 aliphatic carbocycles. The minimum atomic E-state index is 0.101. The number of hydrogen-bond donors (Lipinski definition) is 1. The molecule has 0 saturated carbocycles. The Morgan fingerprint density at radius 2 is 1.88 bits per heavy atom. The number of carbonyl (C=O) groups is 1. The lowest BCUT2D eigenvalue weighted by Crippen LogP contribution is -2.60. The van der Waals surface area contributed by atoms with Gasteiger partial charge in [0.05, 0.1) is 6.54 Å².